The highest BCUT2D eigenvalue weighted by molar-refractivity contribution is 5.95. The Morgan fingerprint density at radius 2 is 1.92 bits per heavy atom. The lowest BCUT2D eigenvalue weighted by Crippen LogP contribution is -2.35. The smallest absolute Gasteiger partial charge is 0.304 e. The molecule has 1 aliphatic carbocycles. The lowest BCUT2D eigenvalue weighted by Gasteiger charge is -2.38. The molecule has 2 heterocycles. The van der Waals surface area contributed by atoms with Crippen LogP contribution in [-0.4, -0.2) is 34.9 Å². The van der Waals surface area contributed by atoms with Gasteiger partial charge >= 0.3 is 6.18 Å². The van der Waals surface area contributed by atoms with Gasteiger partial charge in [-0.25, -0.2) is 0 Å². The van der Waals surface area contributed by atoms with Crippen molar-refractivity contribution in [3.05, 3.63) is 33.7 Å². The van der Waals surface area contributed by atoms with Crippen LogP contribution < -0.4 is 5.56 Å². The summed E-state index contributed by atoms with van der Waals surface area (Å²) in [6.07, 6.45) is 0.887. The van der Waals surface area contributed by atoms with Gasteiger partial charge < -0.3 is 9.47 Å². The van der Waals surface area contributed by atoms with Gasteiger partial charge in [-0.2, -0.15) is 13.2 Å². The van der Waals surface area contributed by atoms with Crippen LogP contribution in [0.15, 0.2) is 16.9 Å². The first kappa shape index (κ1) is 19.1. The van der Waals surface area contributed by atoms with Gasteiger partial charge in [-0.1, -0.05) is 13.3 Å². The summed E-state index contributed by atoms with van der Waals surface area (Å²) < 4.78 is 40.5. The van der Waals surface area contributed by atoms with Gasteiger partial charge in [-0.15, -0.1) is 0 Å². The van der Waals surface area contributed by atoms with E-state index in [0.717, 1.165) is 29.8 Å². The summed E-state index contributed by atoms with van der Waals surface area (Å²) in [7, 11) is 0. The van der Waals surface area contributed by atoms with Crippen LogP contribution in [0.25, 0.3) is 0 Å². The van der Waals surface area contributed by atoms with Gasteiger partial charge in [0.2, 0.25) is 0 Å². The highest BCUT2D eigenvalue weighted by Gasteiger charge is 2.42. The van der Waals surface area contributed by atoms with E-state index >= 15 is 0 Å². The summed E-state index contributed by atoms with van der Waals surface area (Å²) >= 11 is 0. The zero-order valence-electron chi connectivity index (χ0n) is 15.1. The molecule has 4 nitrogen and oxygen atoms in total. The maximum atomic E-state index is 13.3. The fourth-order valence-electron chi connectivity index (χ4n) is 4.21. The normalized spacial score (nSPS) is 19.7. The summed E-state index contributed by atoms with van der Waals surface area (Å²) in [4.78, 5) is 26.6. The van der Waals surface area contributed by atoms with Crippen molar-refractivity contribution in [1.82, 2.24) is 9.47 Å². The zero-order valence-corrected chi connectivity index (χ0v) is 15.1. The average Bonchev–Trinajstić information content (AvgIpc) is 2.99. The highest BCUT2D eigenvalue weighted by atomic mass is 19.4. The molecule has 2 fully saturated rings. The predicted molar refractivity (Wildman–Crippen MR) is 92.3 cm³/mol. The number of Topliss-reactive ketones (excluding diaryl/α,β-unsaturated/α-hetero) is 1. The largest absolute Gasteiger partial charge is 0.431 e. The van der Waals surface area contributed by atoms with Crippen molar-refractivity contribution in [2.45, 2.75) is 58.2 Å². The van der Waals surface area contributed by atoms with Crippen LogP contribution in [0.2, 0.25) is 0 Å². The van der Waals surface area contributed by atoms with Crippen molar-refractivity contribution in [2.75, 3.05) is 19.6 Å². The van der Waals surface area contributed by atoms with Gasteiger partial charge in [-0.3, -0.25) is 9.59 Å². The number of halogens is 3. The Bertz CT molecular complexity index is 735. The second kappa shape index (κ2) is 7.18. The molecule has 1 saturated carbocycles. The summed E-state index contributed by atoms with van der Waals surface area (Å²) in [6, 6.07) is 1.86. The highest BCUT2D eigenvalue weighted by Crippen LogP contribution is 2.47. The molecule has 0 aromatic carbocycles. The van der Waals surface area contributed by atoms with E-state index in [1.165, 1.54) is 25.7 Å². The number of aromatic nitrogens is 1. The Kier molecular flexibility index (Phi) is 5.28. The van der Waals surface area contributed by atoms with Gasteiger partial charge in [0.25, 0.3) is 5.56 Å². The fraction of sp³-hybridized carbons (Fsp3) is 0.684. The second-order valence-electron chi connectivity index (χ2n) is 7.60. The van der Waals surface area contributed by atoms with Crippen LogP contribution in [-0.2, 0) is 12.7 Å². The summed E-state index contributed by atoms with van der Waals surface area (Å²) in [6.45, 7) is 4.24. The van der Waals surface area contributed by atoms with E-state index in [1.807, 2.05) is 0 Å². The lowest BCUT2D eigenvalue weighted by molar-refractivity contribution is -0.144. The van der Waals surface area contributed by atoms with E-state index in [1.54, 1.807) is 6.92 Å². The van der Waals surface area contributed by atoms with E-state index in [2.05, 4.69) is 4.90 Å². The molecule has 0 amide bonds. The molecule has 1 aliphatic heterocycles. The SMILES string of the molecule is CCC(=O)c1ccc(C(F)(F)F)n(CCCN2CCC3(CCC3)C2)c1=O. The van der Waals surface area contributed by atoms with E-state index in [4.69, 9.17) is 0 Å². The molecule has 1 aromatic heterocycles. The van der Waals surface area contributed by atoms with Gasteiger partial charge in [-0.05, 0) is 56.3 Å². The van der Waals surface area contributed by atoms with Crippen LogP contribution in [0.1, 0.15) is 61.5 Å². The van der Waals surface area contributed by atoms with Crippen molar-refractivity contribution >= 4 is 5.78 Å². The molecule has 26 heavy (non-hydrogen) atoms. The molecule has 1 saturated heterocycles. The van der Waals surface area contributed by atoms with E-state index < -0.39 is 23.2 Å². The maximum absolute atomic E-state index is 13.3. The molecule has 7 heteroatoms. The van der Waals surface area contributed by atoms with Crippen LogP contribution in [0.5, 0.6) is 0 Å². The Labute approximate surface area is 151 Å². The van der Waals surface area contributed by atoms with Crippen molar-refractivity contribution in [3.8, 4) is 0 Å². The molecule has 3 rings (SSSR count). The molecule has 0 bridgehead atoms. The summed E-state index contributed by atoms with van der Waals surface area (Å²) in [5.74, 6) is -0.427. The monoisotopic (exact) mass is 370 g/mol. The van der Waals surface area contributed by atoms with Crippen molar-refractivity contribution < 1.29 is 18.0 Å². The van der Waals surface area contributed by atoms with Crippen molar-refractivity contribution in [2.24, 2.45) is 5.41 Å². The standard InChI is InChI=1S/C19H25F3N2O2/c1-2-15(25)14-5-6-16(19(20,21)22)24(17(14)26)11-4-10-23-12-9-18(13-23)7-3-8-18/h5-6H,2-4,7-13H2,1H3. The molecular formula is C19H25F3N2O2. The van der Waals surface area contributed by atoms with Gasteiger partial charge in [0, 0.05) is 19.5 Å². The molecule has 0 atom stereocenters. The van der Waals surface area contributed by atoms with Gasteiger partial charge in [0.15, 0.2) is 5.78 Å². The number of likely N-dealkylation sites (tertiary alicyclic amines) is 1. The Hall–Kier alpha value is -1.63. The molecule has 1 spiro atoms. The van der Waals surface area contributed by atoms with Crippen molar-refractivity contribution in [1.29, 1.82) is 0 Å². The average molecular weight is 370 g/mol. The zero-order chi connectivity index (χ0) is 18.9. The second-order valence-corrected chi connectivity index (χ2v) is 7.60. The first-order valence-electron chi connectivity index (χ1n) is 9.32. The molecule has 0 unspecified atom stereocenters. The Morgan fingerprint density at radius 1 is 1.19 bits per heavy atom. The molecular weight excluding hydrogens is 345 g/mol. The van der Waals surface area contributed by atoms with Crippen molar-refractivity contribution in [3.63, 3.8) is 0 Å². The minimum Gasteiger partial charge on any atom is -0.304 e. The number of alkyl halides is 3. The van der Waals surface area contributed by atoms with E-state index in [-0.39, 0.29) is 18.5 Å². The third kappa shape index (κ3) is 3.72. The number of hydrogen-bond donors (Lipinski definition) is 0. The van der Waals surface area contributed by atoms with Crippen LogP contribution >= 0.6 is 0 Å². The van der Waals surface area contributed by atoms with Crippen LogP contribution in [0.3, 0.4) is 0 Å². The van der Waals surface area contributed by atoms with E-state index in [9.17, 15) is 22.8 Å². The molecule has 0 N–H and O–H groups in total. The number of carbonyl (C=O) groups is 1. The lowest BCUT2D eigenvalue weighted by atomic mass is 9.68. The number of ketones is 1. The number of carbonyl (C=O) groups excluding carboxylic acids is 1. The van der Waals surface area contributed by atoms with Gasteiger partial charge in [0.05, 0.1) is 5.56 Å². The first-order chi connectivity index (χ1) is 12.3. The third-order valence-corrected chi connectivity index (χ3v) is 5.87. The van der Waals surface area contributed by atoms with E-state index in [0.29, 0.717) is 18.4 Å². The molecule has 2 aliphatic rings. The Balaban J connectivity index is 1.72. The molecule has 144 valence electrons. The quantitative estimate of drug-likeness (QED) is 0.717. The summed E-state index contributed by atoms with van der Waals surface area (Å²) in [5, 5.41) is 0. The fourth-order valence-corrected chi connectivity index (χ4v) is 4.21. The topological polar surface area (TPSA) is 42.3 Å². The number of rotatable bonds is 6. The minimum atomic E-state index is -4.61. The van der Waals surface area contributed by atoms with Gasteiger partial charge in [0.1, 0.15) is 5.69 Å². The molecule has 0 radical (unpaired) electrons. The van der Waals surface area contributed by atoms with Crippen LogP contribution in [0.4, 0.5) is 13.2 Å². The third-order valence-electron chi connectivity index (χ3n) is 5.87. The first-order valence-corrected chi connectivity index (χ1v) is 9.32. The van der Waals surface area contributed by atoms with Crippen LogP contribution in [0, 0.1) is 5.41 Å². The number of hydrogen-bond acceptors (Lipinski definition) is 3. The summed E-state index contributed by atoms with van der Waals surface area (Å²) in [5.41, 5.74) is -1.52. The maximum Gasteiger partial charge on any atom is 0.431 e. The molecule has 1 aromatic rings. The Morgan fingerprint density at radius 3 is 2.46 bits per heavy atom. The minimum absolute atomic E-state index is 0.0258. The predicted octanol–water partition coefficient (Wildman–Crippen LogP) is 3.73. The number of pyridine rings is 1. The number of nitrogens with zero attached hydrogens (tertiary/aromatic N) is 2.